The molecule has 4 N–H and O–H groups in total. The molecule has 0 amide bonds. The molecule has 2 rings (SSSR count). The molecule has 1 aromatic heterocycles. The Hall–Kier alpha value is -1.63. The summed E-state index contributed by atoms with van der Waals surface area (Å²) in [6, 6.07) is 0. The van der Waals surface area contributed by atoms with E-state index in [0.717, 1.165) is 0 Å². The fourth-order valence-corrected chi connectivity index (χ4v) is 2.07. The third kappa shape index (κ3) is 4.02. The first-order valence-corrected chi connectivity index (χ1v) is 6.88. The van der Waals surface area contributed by atoms with Gasteiger partial charge in [-0.3, -0.25) is 0 Å². The highest BCUT2D eigenvalue weighted by Gasteiger charge is 2.43. The molecule has 1 saturated heterocycles. The number of aliphatic hydroxyl groups excluding tert-OH is 4. The van der Waals surface area contributed by atoms with Crippen LogP contribution < -0.4 is 0 Å². The van der Waals surface area contributed by atoms with Gasteiger partial charge < -0.3 is 34.6 Å². The van der Waals surface area contributed by atoms with Crippen LogP contribution in [0.1, 0.15) is 10.5 Å². The lowest BCUT2D eigenvalue weighted by Crippen LogP contribution is -2.59. The fraction of sp³-hybridized carbons (Fsp3) is 0.750. The summed E-state index contributed by atoms with van der Waals surface area (Å²) in [6.07, 6.45) is -5.28. The molecule has 0 radical (unpaired) electrons. The molecule has 1 fully saturated rings. The summed E-state index contributed by atoms with van der Waals surface area (Å²) in [5.74, 6) is -0.619. The summed E-state index contributed by atoms with van der Waals surface area (Å²) in [4.78, 5) is 11.2. The lowest BCUT2D eigenvalue weighted by Gasteiger charge is -2.39. The minimum Gasteiger partial charge on any atom is -0.464 e. The van der Waals surface area contributed by atoms with E-state index in [-0.39, 0.29) is 18.8 Å². The molecule has 130 valence electrons. The van der Waals surface area contributed by atoms with Crippen molar-refractivity contribution in [2.24, 2.45) is 0 Å². The van der Waals surface area contributed by atoms with Gasteiger partial charge in [-0.2, -0.15) is 0 Å². The Balaban J connectivity index is 1.85. The van der Waals surface area contributed by atoms with Crippen molar-refractivity contribution in [2.75, 3.05) is 20.3 Å². The van der Waals surface area contributed by atoms with Gasteiger partial charge in [0.25, 0.3) is 0 Å². The zero-order valence-electron chi connectivity index (χ0n) is 12.3. The minimum atomic E-state index is -1.50. The van der Waals surface area contributed by atoms with Gasteiger partial charge in [0, 0.05) is 0 Å². The van der Waals surface area contributed by atoms with Crippen LogP contribution in [0.5, 0.6) is 0 Å². The van der Waals surface area contributed by atoms with Crippen LogP contribution in [0.25, 0.3) is 0 Å². The van der Waals surface area contributed by atoms with Crippen molar-refractivity contribution in [2.45, 2.75) is 37.3 Å². The van der Waals surface area contributed by atoms with E-state index >= 15 is 0 Å². The van der Waals surface area contributed by atoms with Gasteiger partial charge >= 0.3 is 5.97 Å². The standard InChI is InChI=1S/C12H19N3O8/c1-21-11(20)6-4-15(14-13-6)2-3-22-12-10(19)9(18)8(17)7(5-16)23-12/h4,7-10,12,16-19H,2-3,5H2,1H3/t7-,8-,9+,10+,12+/m1/s1. The third-order valence-electron chi connectivity index (χ3n) is 3.38. The monoisotopic (exact) mass is 333 g/mol. The van der Waals surface area contributed by atoms with Crippen molar-refractivity contribution in [3.63, 3.8) is 0 Å². The molecule has 1 aromatic rings. The summed E-state index contributed by atoms with van der Waals surface area (Å²) in [6.45, 7) is -0.317. The summed E-state index contributed by atoms with van der Waals surface area (Å²) in [5, 5.41) is 45.4. The smallest absolute Gasteiger partial charge is 0.360 e. The van der Waals surface area contributed by atoms with E-state index in [1.54, 1.807) is 0 Å². The van der Waals surface area contributed by atoms with E-state index in [2.05, 4.69) is 15.0 Å². The summed E-state index contributed by atoms with van der Waals surface area (Å²) in [7, 11) is 1.23. The highest BCUT2D eigenvalue weighted by Crippen LogP contribution is 2.21. The molecule has 5 atom stereocenters. The van der Waals surface area contributed by atoms with Gasteiger partial charge in [0.2, 0.25) is 0 Å². The normalized spacial score (nSPS) is 31.1. The molecule has 0 aliphatic carbocycles. The highest BCUT2D eigenvalue weighted by atomic mass is 16.7. The Morgan fingerprint density at radius 2 is 2.09 bits per heavy atom. The van der Waals surface area contributed by atoms with Crippen LogP contribution in [-0.2, 0) is 20.8 Å². The lowest BCUT2D eigenvalue weighted by molar-refractivity contribution is -0.301. The number of carbonyl (C=O) groups excluding carboxylic acids is 1. The predicted molar refractivity (Wildman–Crippen MR) is 71.1 cm³/mol. The number of aromatic nitrogens is 3. The molecule has 0 aromatic carbocycles. The number of esters is 1. The summed E-state index contributed by atoms with van der Waals surface area (Å²) < 4.78 is 16.3. The van der Waals surface area contributed by atoms with Crippen molar-refractivity contribution in [3.05, 3.63) is 11.9 Å². The second-order valence-electron chi connectivity index (χ2n) is 4.93. The number of carbonyl (C=O) groups is 1. The third-order valence-corrected chi connectivity index (χ3v) is 3.38. The van der Waals surface area contributed by atoms with Crippen LogP contribution in [0, 0.1) is 0 Å². The number of ether oxygens (including phenoxy) is 3. The highest BCUT2D eigenvalue weighted by molar-refractivity contribution is 5.86. The molecule has 11 heteroatoms. The van der Waals surface area contributed by atoms with Gasteiger partial charge in [0.15, 0.2) is 12.0 Å². The second kappa shape index (κ2) is 7.77. The van der Waals surface area contributed by atoms with Gasteiger partial charge in [-0.05, 0) is 0 Å². The van der Waals surface area contributed by atoms with Crippen molar-refractivity contribution in [1.82, 2.24) is 15.0 Å². The summed E-state index contributed by atoms with van der Waals surface area (Å²) >= 11 is 0. The van der Waals surface area contributed by atoms with Crippen LogP contribution in [0.15, 0.2) is 6.20 Å². The van der Waals surface area contributed by atoms with E-state index in [4.69, 9.17) is 14.6 Å². The molecular formula is C12H19N3O8. The minimum absolute atomic E-state index is 0.0205. The maximum Gasteiger partial charge on any atom is 0.360 e. The van der Waals surface area contributed by atoms with Crippen molar-refractivity contribution < 1.29 is 39.4 Å². The van der Waals surface area contributed by atoms with Gasteiger partial charge in [0.1, 0.15) is 24.4 Å². The summed E-state index contributed by atoms with van der Waals surface area (Å²) in [5.41, 5.74) is 0.0420. The van der Waals surface area contributed by atoms with E-state index in [1.165, 1.54) is 18.0 Å². The van der Waals surface area contributed by atoms with Crippen LogP contribution in [0.3, 0.4) is 0 Å². The van der Waals surface area contributed by atoms with Crippen molar-refractivity contribution >= 4 is 5.97 Å². The van der Waals surface area contributed by atoms with Gasteiger partial charge in [-0.1, -0.05) is 5.21 Å². The van der Waals surface area contributed by atoms with Gasteiger partial charge in [0.05, 0.1) is 33.1 Å². The molecule has 11 nitrogen and oxygen atoms in total. The number of aliphatic hydroxyl groups is 4. The first-order valence-electron chi connectivity index (χ1n) is 6.88. The van der Waals surface area contributed by atoms with E-state index in [0.29, 0.717) is 0 Å². The molecule has 0 spiro atoms. The van der Waals surface area contributed by atoms with Gasteiger partial charge in [-0.25, -0.2) is 9.48 Å². The number of hydrogen-bond acceptors (Lipinski definition) is 10. The van der Waals surface area contributed by atoms with E-state index < -0.39 is 43.3 Å². The largest absolute Gasteiger partial charge is 0.464 e. The number of methoxy groups -OCH3 is 1. The Morgan fingerprint density at radius 1 is 1.35 bits per heavy atom. The van der Waals surface area contributed by atoms with Crippen LogP contribution >= 0.6 is 0 Å². The Bertz CT molecular complexity index is 522. The van der Waals surface area contributed by atoms with Crippen LogP contribution in [0.2, 0.25) is 0 Å². The molecule has 2 heterocycles. The van der Waals surface area contributed by atoms with E-state index in [9.17, 15) is 20.1 Å². The lowest BCUT2D eigenvalue weighted by atomic mass is 9.99. The Labute approximate surface area is 131 Å². The molecule has 0 bridgehead atoms. The average Bonchev–Trinajstić information content (AvgIpc) is 3.03. The number of rotatable bonds is 6. The maximum atomic E-state index is 11.2. The first kappa shape index (κ1) is 17.7. The Morgan fingerprint density at radius 3 is 2.74 bits per heavy atom. The van der Waals surface area contributed by atoms with Crippen LogP contribution in [-0.4, -0.2) is 92.4 Å². The van der Waals surface area contributed by atoms with Crippen LogP contribution in [0.4, 0.5) is 0 Å². The average molecular weight is 333 g/mol. The second-order valence-corrected chi connectivity index (χ2v) is 4.93. The zero-order valence-corrected chi connectivity index (χ0v) is 12.3. The molecular weight excluding hydrogens is 314 g/mol. The molecule has 0 saturated carbocycles. The molecule has 23 heavy (non-hydrogen) atoms. The zero-order chi connectivity index (χ0) is 17.0. The SMILES string of the molecule is COC(=O)c1cn(CCO[C@H]2O[C@H](CO)[C@@H](O)[C@H](O)[C@@H]2O)nn1. The molecule has 1 aliphatic heterocycles. The first-order chi connectivity index (χ1) is 11.0. The van der Waals surface area contributed by atoms with Gasteiger partial charge in [-0.15, -0.1) is 5.10 Å². The van der Waals surface area contributed by atoms with Crippen molar-refractivity contribution in [1.29, 1.82) is 0 Å². The van der Waals surface area contributed by atoms with Crippen molar-refractivity contribution in [3.8, 4) is 0 Å². The number of nitrogens with zero attached hydrogens (tertiary/aromatic N) is 3. The fourth-order valence-electron chi connectivity index (χ4n) is 2.07. The van der Waals surface area contributed by atoms with E-state index in [1.807, 2.05) is 0 Å². The Kier molecular flexibility index (Phi) is 5.98. The maximum absolute atomic E-state index is 11.2. The number of hydrogen-bond donors (Lipinski definition) is 4. The molecule has 0 unspecified atom stereocenters. The predicted octanol–water partition coefficient (Wildman–Crippen LogP) is -3.12. The quantitative estimate of drug-likeness (QED) is 0.393. The topological polar surface area (TPSA) is 156 Å². The molecule has 1 aliphatic rings.